The first-order chi connectivity index (χ1) is 13.0. The predicted octanol–water partition coefficient (Wildman–Crippen LogP) is 2.67. The molecule has 1 aromatic rings. The van der Waals surface area contributed by atoms with E-state index < -0.39 is 12.0 Å². The number of nitrogens with one attached hydrogen (secondary N) is 1. The second kappa shape index (κ2) is 8.55. The van der Waals surface area contributed by atoms with Crippen LogP contribution in [-0.2, 0) is 14.4 Å². The molecule has 27 heavy (non-hydrogen) atoms. The number of carbonyl (C=O) groups excluding carboxylic acids is 2. The zero-order valence-electron chi connectivity index (χ0n) is 15.8. The number of piperidine rings is 1. The molecule has 1 aliphatic carbocycles. The van der Waals surface area contributed by atoms with E-state index in [4.69, 9.17) is 0 Å². The van der Waals surface area contributed by atoms with E-state index in [1.165, 1.54) is 0 Å². The summed E-state index contributed by atoms with van der Waals surface area (Å²) in [5.41, 5.74) is 1.60. The molecule has 0 radical (unpaired) electrons. The normalized spacial score (nSPS) is 19.7. The molecule has 1 unspecified atom stereocenters. The molecule has 0 bridgehead atoms. The van der Waals surface area contributed by atoms with E-state index in [0.717, 1.165) is 31.2 Å². The third-order valence-electron chi connectivity index (χ3n) is 5.83. The number of carbonyl (C=O) groups is 3. The summed E-state index contributed by atoms with van der Waals surface area (Å²) in [6.07, 6.45) is 5.40. The van der Waals surface area contributed by atoms with Crippen LogP contribution < -0.4 is 5.32 Å². The monoisotopic (exact) mass is 372 g/mol. The van der Waals surface area contributed by atoms with Gasteiger partial charge in [0.2, 0.25) is 11.8 Å². The van der Waals surface area contributed by atoms with Crippen molar-refractivity contribution in [3.63, 3.8) is 0 Å². The third kappa shape index (κ3) is 4.67. The molecule has 1 heterocycles. The molecule has 6 nitrogen and oxygen atoms in total. The lowest BCUT2D eigenvalue weighted by Gasteiger charge is -2.33. The Morgan fingerprint density at radius 1 is 1.00 bits per heavy atom. The van der Waals surface area contributed by atoms with Crippen molar-refractivity contribution in [2.45, 2.75) is 51.5 Å². The van der Waals surface area contributed by atoms with Crippen molar-refractivity contribution in [3.8, 4) is 0 Å². The summed E-state index contributed by atoms with van der Waals surface area (Å²) >= 11 is 0. The molecular weight excluding hydrogens is 344 g/mol. The summed E-state index contributed by atoms with van der Waals surface area (Å²) in [6.45, 7) is 3.09. The van der Waals surface area contributed by atoms with Crippen LogP contribution >= 0.6 is 0 Å². The van der Waals surface area contributed by atoms with Crippen LogP contribution in [0.2, 0.25) is 0 Å². The summed E-state index contributed by atoms with van der Waals surface area (Å²) in [6, 6.07) is 6.10. The van der Waals surface area contributed by atoms with Crippen molar-refractivity contribution >= 4 is 17.8 Å². The van der Waals surface area contributed by atoms with Gasteiger partial charge in [-0.15, -0.1) is 0 Å². The molecule has 1 aromatic carbocycles. The van der Waals surface area contributed by atoms with Gasteiger partial charge in [-0.25, -0.2) is 4.79 Å². The summed E-state index contributed by atoms with van der Waals surface area (Å²) in [5.74, 6) is -1.16. The van der Waals surface area contributed by atoms with E-state index >= 15 is 0 Å². The minimum Gasteiger partial charge on any atom is -0.479 e. The lowest BCUT2D eigenvalue weighted by molar-refractivity contribution is -0.143. The lowest BCUT2D eigenvalue weighted by atomic mass is 9.93. The molecule has 6 heteroatoms. The number of aryl methyl sites for hydroxylation is 1. The second-order valence-corrected chi connectivity index (χ2v) is 7.77. The van der Waals surface area contributed by atoms with Gasteiger partial charge in [-0.3, -0.25) is 9.59 Å². The maximum atomic E-state index is 12.6. The molecule has 3 rings (SSSR count). The first-order valence-electron chi connectivity index (χ1n) is 9.84. The number of hydrogen-bond acceptors (Lipinski definition) is 3. The van der Waals surface area contributed by atoms with Gasteiger partial charge >= 0.3 is 5.97 Å². The largest absolute Gasteiger partial charge is 0.479 e. The average molecular weight is 372 g/mol. The predicted molar refractivity (Wildman–Crippen MR) is 101 cm³/mol. The SMILES string of the molecule is Cc1ccc(C(NC(=O)C2CCN(C(=O)C3CCCC3)CC2)C(=O)O)cc1. The van der Waals surface area contributed by atoms with Crippen LogP contribution in [0, 0.1) is 18.8 Å². The van der Waals surface area contributed by atoms with E-state index in [9.17, 15) is 19.5 Å². The fraction of sp³-hybridized carbons (Fsp3) is 0.571. The van der Waals surface area contributed by atoms with Gasteiger partial charge in [0, 0.05) is 24.9 Å². The Balaban J connectivity index is 1.55. The highest BCUT2D eigenvalue weighted by Crippen LogP contribution is 2.28. The molecule has 146 valence electrons. The molecule has 2 N–H and O–H groups in total. The van der Waals surface area contributed by atoms with Gasteiger partial charge in [0.1, 0.15) is 0 Å². The van der Waals surface area contributed by atoms with Gasteiger partial charge in [-0.2, -0.15) is 0 Å². The Kier molecular flexibility index (Phi) is 6.14. The second-order valence-electron chi connectivity index (χ2n) is 7.77. The van der Waals surface area contributed by atoms with Crippen LogP contribution in [0.5, 0.6) is 0 Å². The number of hydrogen-bond donors (Lipinski definition) is 2. The summed E-state index contributed by atoms with van der Waals surface area (Å²) in [5, 5.41) is 12.2. The first kappa shape index (κ1) is 19.4. The molecule has 1 aliphatic heterocycles. The number of amides is 2. The maximum Gasteiger partial charge on any atom is 0.330 e. The van der Waals surface area contributed by atoms with Crippen LogP contribution in [-0.4, -0.2) is 40.9 Å². The molecule has 1 saturated carbocycles. The zero-order valence-corrected chi connectivity index (χ0v) is 15.8. The van der Waals surface area contributed by atoms with Crippen LogP contribution in [0.15, 0.2) is 24.3 Å². The minimum atomic E-state index is -1.07. The average Bonchev–Trinajstić information content (AvgIpc) is 3.21. The molecule has 2 amide bonds. The standard InChI is InChI=1S/C21H28N2O4/c1-14-6-8-15(9-7-14)18(21(26)27)22-19(24)16-10-12-23(13-11-16)20(25)17-4-2-3-5-17/h6-9,16-18H,2-5,10-13H2,1H3,(H,22,24)(H,26,27). The van der Waals surface area contributed by atoms with Crippen LogP contribution in [0.25, 0.3) is 0 Å². The van der Waals surface area contributed by atoms with Crippen LogP contribution in [0.3, 0.4) is 0 Å². The fourth-order valence-electron chi connectivity index (χ4n) is 4.10. The number of benzene rings is 1. The smallest absolute Gasteiger partial charge is 0.330 e. The van der Waals surface area contributed by atoms with Gasteiger partial charge in [0.25, 0.3) is 0 Å². The number of carboxylic acids is 1. The Morgan fingerprint density at radius 3 is 2.15 bits per heavy atom. The van der Waals surface area contributed by atoms with Gasteiger partial charge in [0.05, 0.1) is 0 Å². The van der Waals surface area contributed by atoms with Crippen molar-refractivity contribution in [1.29, 1.82) is 0 Å². The molecule has 2 fully saturated rings. The van der Waals surface area contributed by atoms with E-state index in [1.54, 1.807) is 12.1 Å². The zero-order chi connectivity index (χ0) is 19.4. The van der Waals surface area contributed by atoms with Gasteiger partial charge in [-0.1, -0.05) is 42.7 Å². The van der Waals surface area contributed by atoms with Crippen molar-refractivity contribution in [2.24, 2.45) is 11.8 Å². The maximum absolute atomic E-state index is 12.6. The van der Waals surface area contributed by atoms with E-state index in [-0.39, 0.29) is 23.7 Å². The fourth-order valence-corrected chi connectivity index (χ4v) is 4.10. The first-order valence-corrected chi connectivity index (χ1v) is 9.84. The van der Waals surface area contributed by atoms with Crippen molar-refractivity contribution < 1.29 is 19.5 Å². The van der Waals surface area contributed by atoms with E-state index in [0.29, 0.717) is 31.5 Å². The van der Waals surface area contributed by atoms with Crippen molar-refractivity contribution in [1.82, 2.24) is 10.2 Å². The molecule has 1 atom stereocenters. The van der Waals surface area contributed by atoms with Gasteiger partial charge < -0.3 is 15.3 Å². The number of aliphatic carboxylic acids is 1. The number of carboxylic acid groups (broad SMARTS) is 1. The van der Waals surface area contributed by atoms with Crippen molar-refractivity contribution in [2.75, 3.05) is 13.1 Å². The lowest BCUT2D eigenvalue weighted by Crippen LogP contribution is -2.46. The molecule has 0 spiro atoms. The van der Waals surface area contributed by atoms with Gasteiger partial charge in [0.15, 0.2) is 6.04 Å². The summed E-state index contributed by atoms with van der Waals surface area (Å²) in [7, 11) is 0. The molecule has 1 saturated heterocycles. The number of rotatable bonds is 5. The Labute approximate surface area is 159 Å². The summed E-state index contributed by atoms with van der Waals surface area (Å²) < 4.78 is 0. The highest BCUT2D eigenvalue weighted by atomic mass is 16.4. The minimum absolute atomic E-state index is 0.160. The van der Waals surface area contributed by atoms with Crippen LogP contribution in [0.4, 0.5) is 0 Å². The number of nitrogens with zero attached hydrogens (tertiary/aromatic N) is 1. The highest BCUT2D eigenvalue weighted by Gasteiger charge is 2.33. The molecule has 0 aromatic heterocycles. The Bertz CT molecular complexity index is 687. The third-order valence-corrected chi connectivity index (χ3v) is 5.83. The molecular formula is C21H28N2O4. The van der Waals surface area contributed by atoms with E-state index in [2.05, 4.69) is 5.32 Å². The molecule has 2 aliphatic rings. The summed E-state index contributed by atoms with van der Waals surface area (Å²) in [4.78, 5) is 38.6. The van der Waals surface area contributed by atoms with Gasteiger partial charge in [-0.05, 0) is 38.2 Å². The number of likely N-dealkylation sites (tertiary alicyclic amines) is 1. The van der Waals surface area contributed by atoms with Crippen LogP contribution in [0.1, 0.15) is 55.7 Å². The van der Waals surface area contributed by atoms with Crippen molar-refractivity contribution in [3.05, 3.63) is 35.4 Å². The Morgan fingerprint density at radius 2 is 1.59 bits per heavy atom. The topological polar surface area (TPSA) is 86.7 Å². The Hall–Kier alpha value is -2.37. The quantitative estimate of drug-likeness (QED) is 0.832. The van der Waals surface area contributed by atoms with E-state index in [1.807, 2.05) is 24.0 Å². The highest BCUT2D eigenvalue weighted by molar-refractivity contribution is 5.86.